The van der Waals surface area contributed by atoms with Gasteiger partial charge in [-0.05, 0) is 61.6 Å². The van der Waals surface area contributed by atoms with Crippen molar-refractivity contribution in [2.45, 2.75) is 42.8 Å². The molecular formula is C25H31Cl2N3O6S2. The number of sulfonamides is 2. The van der Waals surface area contributed by atoms with Gasteiger partial charge in [-0.2, -0.15) is 4.31 Å². The van der Waals surface area contributed by atoms with E-state index in [1.165, 1.54) is 33.9 Å². The van der Waals surface area contributed by atoms with Crippen molar-refractivity contribution in [3.05, 3.63) is 52.0 Å². The van der Waals surface area contributed by atoms with E-state index in [-0.39, 0.29) is 40.4 Å². The molecule has 0 radical (unpaired) electrons. The normalized spacial score (nSPS) is 18.3. The van der Waals surface area contributed by atoms with Crippen molar-refractivity contribution in [1.29, 1.82) is 0 Å². The average Bonchev–Trinajstić information content (AvgIpc) is 2.91. The molecule has 13 heteroatoms. The minimum atomic E-state index is -3.78. The average molecular weight is 605 g/mol. The van der Waals surface area contributed by atoms with Crippen LogP contribution in [-0.2, 0) is 30.6 Å². The van der Waals surface area contributed by atoms with Crippen molar-refractivity contribution in [2.24, 2.45) is 5.92 Å². The van der Waals surface area contributed by atoms with Crippen molar-refractivity contribution in [1.82, 2.24) is 8.61 Å². The van der Waals surface area contributed by atoms with Crippen LogP contribution in [0.4, 0.5) is 5.69 Å². The molecular weight excluding hydrogens is 573 g/mol. The smallest absolute Gasteiger partial charge is 0.246 e. The number of nitrogens with one attached hydrogen (secondary N) is 1. The second kappa shape index (κ2) is 12.1. The maximum Gasteiger partial charge on any atom is 0.246 e. The molecule has 2 fully saturated rings. The fourth-order valence-electron chi connectivity index (χ4n) is 4.77. The first-order valence-corrected chi connectivity index (χ1v) is 16.2. The third kappa shape index (κ3) is 6.63. The lowest BCUT2D eigenvalue weighted by Crippen LogP contribution is -2.42. The van der Waals surface area contributed by atoms with E-state index in [0.717, 1.165) is 19.3 Å². The van der Waals surface area contributed by atoms with Gasteiger partial charge in [0, 0.05) is 47.8 Å². The summed E-state index contributed by atoms with van der Waals surface area (Å²) in [7, 11) is -6.00. The molecule has 9 nitrogen and oxygen atoms in total. The van der Waals surface area contributed by atoms with Gasteiger partial charge in [0.1, 0.15) is 10.6 Å². The van der Waals surface area contributed by atoms with Crippen molar-refractivity contribution in [2.75, 3.05) is 38.6 Å². The molecule has 1 amide bonds. The highest BCUT2D eigenvalue weighted by atomic mass is 35.5. The lowest BCUT2D eigenvalue weighted by Gasteiger charge is -2.30. The molecule has 2 aliphatic rings. The van der Waals surface area contributed by atoms with E-state index in [1.807, 2.05) is 0 Å². The van der Waals surface area contributed by atoms with Crippen LogP contribution in [0.5, 0.6) is 5.75 Å². The quantitative estimate of drug-likeness (QED) is 0.480. The Kier molecular flexibility index (Phi) is 9.26. The molecule has 1 N–H and O–H groups in total. The first kappa shape index (κ1) is 29.1. The molecule has 2 aromatic rings. The van der Waals surface area contributed by atoms with Gasteiger partial charge in [0.2, 0.25) is 26.0 Å². The Hall–Kier alpha value is -1.89. The van der Waals surface area contributed by atoms with Crippen LogP contribution in [0.1, 0.15) is 37.7 Å². The van der Waals surface area contributed by atoms with Crippen LogP contribution in [-0.4, -0.2) is 64.6 Å². The van der Waals surface area contributed by atoms with Gasteiger partial charge in [-0.15, -0.1) is 0 Å². The van der Waals surface area contributed by atoms with Crippen molar-refractivity contribution < 1.29 is 26.4 Å². The third-order valence-corrected chi connectivity index (χ3v) is 11.3. The fraction of sp³-hybridized carbons (Fsp3) is 0.480. The first-order valence-electron chi connectivity index (χ1n) is 12.4. The van der Waals surface area contributed by atoms with Crippen LogP contribution < -0.4 is 10.1 Å². The van der Waals surface area contributed by atoms with Crippen LogP contribution >= 0.6 is 23.2 Å². The molecule has 0 aromatic heterocycles. The summed E-state index contributed by atoms with van der Waals surface area (Å²) in [6, 6.07) is 9.25. The van der Waals surface area contributed by atoms with Gasteiger partial charge in [0.25, 0.3) is 0 Å². The largest absolute Gasteiger partial charge is 0.495 e. The number of ether oxygens (including phenoxy) is 1. The molecule has 0 aliphatic carbocycles. The van der Waals surface area contributed by atoms with Gasteiger partial charge < -0.3 is 10.1 Å². The van der Waals surface area contributed by atoms with E-state index >= 15 is 0 Å². The van der Waals surface area contributed by atoms with Crippen molar-refractivity contribution in [3.8, 4) is 5.75 Å². The van der Waals surface area contributed by atoms with Gasteiger partial charge in [-0.25, -0.2) is 21.1 Å². The molecule has 0 atom stereocenters. The van der Waals surface area contributed by atoms with E-state index in [0.29, 0.717) is 42.2 Å². The molecule has 208 valence electrons. The minimum Gasteiger partial charge on any atom is -0.495 e. The van der Waals surface area contributed by atoms with E-state index in [1.54, 1.807) is 18.2 Å². The fourth-order valence-corrected chi connectivity index (χ4v) is 8.62. The van der Waals surface area contributed by atoms with Gasteiger partial charge in [0.15, 0.2) is 0 Å². The number of rotatable bonds is 8. The third-order valence-electron chi connectivity index (χ3n) is 6.94. The Balaban J connectivity index is 1.40. The highest BCUT2D eigenvalue weighted by Gasteiger charge is 2.33. The van der Waals surface area contributed by atoms with Gasteiger partial charge in [0.05, 0.1) is 12.9 Å². The number of benzene rings is 2. The Morgan fingerprint density at radius 1 is 0.947 bits per heavy atom. The topological polar surface area (TPSA) is 113 Å². The van der Waals surface area contributed by atoms with E-state index in [4.69, 9.17) is 27.9 Å². The molecule has 2 saturated heterocycles. The number of hydrogen-bond acceptors (Lipinski definition) is 6. The number of methoxy groups -OCH3 is 1. The SMILES string of the molecule is COc1ccc(NC(=O)C2CCN(S(=O)(=O)Cc3ccc(Cl)cc3Cl)CC2)cc1S(=O)(=O)N1CCCCC1. The van der Waals surface area contributed by atoms with Crippen LogP contribution in [0.3, 0.4) is 0 Å². The first-order chi connectivity index (χ1) is 18.0. The van der Waals surface area contributed by atoms with Gasteiger partial charge in [-0.3, -0.25) is 4.79 Å². The summed E-state index contributed by atoms with van der Waals surface area (Å²) in [5.41, 5.74) is 0.810. The van der Waals surface area contributed by atoms with Crippen molar-refractivity contribution >= 4 is 54.8 Å². The lowest BCUT2D eigenvalue weighted by molar-refractivity contribution is -0.120. The molecule has 0 spiro atoms. The van der Waals surface area contributed by atoms with Crippen LogP contribution in [0.15, 0.2) is 41.3 Å². The summed E-state index contributed by atoms with van der Waals surface area (Å²) in [4.78, 5) is 13.0. The summed E-state index contributed by atoms with van der Waals surface area (Å²) < 4.78 is 60.5. The predicted octanol–water partition coefficient (Wildman–Crippen LogP) is 4.36. The number of halogens is 2. The van der Waals surface area contributed by atoms with Crippen LogP contribution in [0.2, 0.25) is 10.0 Å². The molecule has 2 aliphatic heterocycles. The number of piperidine rings is 2. The molecule has 0 saturated carbocycles. The van der Waals surface area contributed by atoms with Gasteiger partial charge in [-0.1, -0.05) is 35.7 Å². The maximum absolute atomic E-state index is 13.3. The summed E-state index contributed by atoms with van der Waals surface area (Å²) >= 11 is 12.1. The molecule has 38 heavy (non-hydrogen) atoms. The Morgan fingerprint density at radius 3 is 2.26 bits per heavy atom. The second-order valence-corrected chi connectivity index (χ2v) is 14.2. The Morgan fingerprint density at radius 2 is 1.63 bits per heavy atom. The van der Waals surface area contributed by atoms with E-state index in [2.05, 4.69) is 5.32 Å². The van der Waals surface area contributed by atoms with Crippen LogP contribution in [0.25, 0.3) is 0 Å². The predicted molar refractivity (Wildman–Crippen MR) is 148 cm³/mol. The number of nitrogens with zero attached hydrogens (tertiary/aromatic N) is 2. The lowest BCUT2D eigenvalue weighted by atomic mass is 9.97. The molecule has 4 rings (SSSR count). The summed E-state index contributed by atoms with van der Waals surface area (Å²) in [6.45, 7) is 1.30. The van der Waals surface area contributed by atoms with E-state index in [9.17, 15) is 21.6 Å². The minimum absolute atomic E-state index is 0.0153. The Labute approximate surface area is 234 Å². The zero-order valence-electron chi connectivity index (χ0n) is 21.0. The summed E-state index contributed by atoms with van der Waals surface area (Å²) in [6.07, 6.45) is 3.29. The zero-order chi connectivity index (χ0) is 27.5. The summed E-state index contributed by atoms with van der Waals surface area (Å²) in [5.74, 6) is -0.730. The monoisotopic (exact) mass is 603 g/mol. The highest BCUT2D eigenvalue weighted by molar-refractivity contribution is 7.89. The Bertz CT molecular complexity index is 1390. The van der Waals surface area contributed by atoms with Crippen LogP contribution in [0, 0.1) is 5.92 Å². The number of carbonyl (C=O) groups is 1. The second-order valence-electron chi connectivity index (χ2n) is 9.48. The highest BCUT2D eigenvalue weighted by Crippen LogP contribution is 2.32. The molecule has 0 unspecified atom stereocenters. The number of anilines is 1. The standard InChI is InChI=1S/C25H31Cl2N3O6S2/c1-36-23-8-7-21(16-24(23)38(34,35)30-11-3-2-4-12-30)28-25(31)18-9-13-29(14-10-18)37(32,33)17-19-5-6-20(26)15-22(19)27/h5-8,15-16,18H,2-4,9-14,17H2,1H3,(H,28,31). The van der Waals surface area contributed by atoms with Crippen molar-refractivity contribution in [3.63, 3.8) is 0 Å². The maximum atomic E-state index is 13.3. The molecule has 2 heterocycles. The molecule has 0 bridgehead atoms. The number of hydrogen-bond donors (Lipinski definition) is 1. The number of carbonyl (C=O) groups excluding carboxylic acids is 1. The van der Waals surface area contributed by atoms with Gasteiger partial charge >= 0.3 is 0 Å². The molecule has 2 aromatic carbocycles. The number of amides is 1. The zero-order valence-corrected chi connectivity index (χ0v) is 24.2. The van der Waals surface area contributed by atoms with E-state index < -0.39 is 26.0 Å². The summed E-state index contributed by atoms with van der Waals surface area (Å²) in [5, 5.41) is 3.52.